The molecule has 2 rings (SSSR count). The van der Waals surface area contributed by atoms with Gasteiger partial charge in [0.15, 0.2) is 0 Å². The van der Waals surface area contributed by atoms with Gasteiger partial charge in [-0.15, -0.1) is 0 Å². The lowest BCUT2D eigenvalue weighted by molar-refractivity contribution is -0.122. The highest BCUT2D eigenvalue weighted by Crippen LogP contribution is 2.36. The zero-order valence-corrected chi connectivity index (χ0v) is 11.3. The molecule has 0 unspecified atom stereocenters. The van der Waals surface area contributed by atoms with E-state index in [1.54, 1.807) is 14.0 Å². The van der Waals surface area contributed by atoms with Crippen LogP contribution in [0.15, 0.2) is 60.7 Å². The van der Waals surface area contributed by atoms with Crippen molar-refractivity contribution in [3.05, 3.63) is 71.8 Å². The average Bonchev–Trinajstić information content (AvgIpc) is 2.46. The van der Waals surface area contributed by atoms with E-state index in [4.69, 9.17) is 4.74 Å². The normalized spacial score (nSPS) is 11.3. The van der Waals surface area contributed by atoms with Crippen LogP contribution in [0.4, 0.5) is 0 Å². The van der Waals surface area contributed by atoms with Crippen molar-refractivity contribution < 1.29 is 9.53 Å². The van der Waals surface area contributed by atoms with Crippen LogP contribution in [0.25, 0.3) is 0 Å². The van der Waals surface area contributed by atoms with Gasteiger partial charge in [-0.25, -0.2) is 0 Å². The first kappa shape index (κ1) is 13.5. The fourth-order valence-corrected chi connectivity index (χ4v) is 2.44. The summed E-state index contributed by atoms with van der Waals surface area (Å²) in [6, 6.07) is 19.8. The monoisotopic (exact) mass is 254 g/mol. The molecular formula is C17H18O2. The Bertz CT molecular complexity index is 492. The smallest absolute Gasteiger partial charge is 0.133 e. The molecule has 2 aromatic rings. The molecule has 0 aromatic heterocycles. The number of rotatable bonds is 5. The van der Waals surface area contributed by atoms with Crippen LogP contribution >= 0.6 is 0 Å². The van der Waals surface area contributed by atoms with Crippen LogP contribution in [0.2, 0.25) is 0 Å². The van der Waals surface area contributed by atoms with E-state index in [0.29, 0.717) is 6.42 Å². The summed E-state index contributed by atoms with van der Waals surface area (Å²) in [6.07, 6.45) is 0.331. The fourth-order valence-electron chi connectivity index (χ4n) is 2.44. The number of carbonyl (C=O) groups excluding carboxylic acids is 1. The van der Waals surface area contributed by atoms with Crippen molar-refractivity contribution in [1.82, 2.24) is 0 Å². The highest BCUT2D eigenvalue weighted by atomic mass is 16.5. The Morgan fingerprint density at radius 1 is 0.947 bits per heavy atom. The van der Waals surface area contributed by atoms with Crippen molar-refractivity contribution in [2.45, 2.75) is 18.9 Å². The molecule has 98 valence electrons. The van der Waals surface area contributed by atoms with Crippen LogP contribution in [-0.4, -0.2) is 12.9 Å². The van der Waals surface area contributed by atoms with E-state index in [-0.39, 0.29) is 5.78 Å². The van der Waals surface area contributed by atoms with E-state index in [1.807, 2.05) is 60.7 Å². The highest BCUT2D eigenvalue weighted by Gasteiger charge is 2.35. The Labute approximate surface area is 114 Å². The van der Waals surface area contributed by atoms with Gasteiger partial charge in [-0.3, -0.25) is 4.79 Å². The van der Waals surface area contributed by atoms with Gasteiger partial charge in [-0.1, -0.05) is 60.7 Å². The van der Waals surface area contributed by atoms with Gasteiger partial charge in [0, 0.05) is 13.5 Å². The summed E-state index contributed by atoms with van der Waals surface area (Å²) in [4.78, 5) is 11.7. The summed E-state index contributed by atoms with van der Waals surface area (Å²) in [6.45, 7) is 1.60. The van der Waals surface area contributed by atoms with Crippen LogP contribution in [-0.2, 0) is 15.1 Å². The molecule has 0 aliphatic heterocycles. The molecule has 0 atom stereocenters. The Morgan fingerprint density at radius 2 is 1.37 bits per heavy atom. The summed E-state index contributed by atoms with van der Waals surface area (Å²) in [5, 5.41) is 0. The third-order valence-corrected chi connectivity index (χ3v) is 3.33. The van der Waals surface area contributed by atoms with Crippen molar-refractivity contribution in [2.75, 3.05) is 7.11 Å². The molecule has 0 saturated carbocycles. The molecule has 0 heterocycles. The molecule has 2 aromatic carbocycles. The van der Waals surface area contributed by atoms with Gasteiger partial charge in [0.05, 0.1) is 0 Å². The molecule has 0 aliphatic rings. The lowest BCUT2D eigenvalue weighted by Gasteiger charge is -2.33. The summed E-state index contributed by atoms with van der Waals surface area (Å²) < 4.78 is 5.80. The minimum absolute atomic E-state index is 0.106. The van der Waals surface area contributed by atoms with E-state index in [1.165, 1.54) is 0 Å². The molecule has 0 radical (unpaired) electrons. The number of Topliss-reactive ketones (excluding diaryl/α,β-unsaturated/α-hetero) is 1. The first-order chi connectivity index (χ1) is 9.19. The molecule has 2 heteroatoms. The van der Waals surface area contributed by atoms with Crippen molar-refractivity contribution >= 4 is 5.78 Å². The van der Waals surface area contributed by atoms with Crippen molar-refractivity contribution in [3.63, 3.8) is 0 Å². The largest absolute Gasteiger partial charge is 0.368 e. The quantitative estimate of drug-likeness (QED) is 0.815. The van der Waals surface area contributed by atoms with Gasteiger partial charge >= 0.3 is 0 Å². The topological polar surface area (TPSA) is 26.3 Å². The van der Waals surface area contributed by atoms with Crippen molar-refractivity contribution in [2.24, 2.45) is 0 Å². The maximum atomic E-state index is 11.7. The average molecular weight is 254 g/mol. The first-order valence-electron chi connectivity index (χ1n) is 6.34. The first-order valence-corrected chi connectivity index (χ1v) is 6.34. The molecule has 0 aliphatic carbocycles. The second-order valence-electron chi connectivity index (χ2n) is 4.64. The number of methoxy groups -OCH3 is 1. The van der Waals surface area contributed by atoms with E-state index >= 15 is 0 Å². The molecule has 0 saturated heterocycles. The van der Waals surface area contributed by atoms with E-state index in [0.717, 1.165) is 11.1 Å². The van der Waals surface area contributed by atoms with Crippen molar-refractivity contribution in [1.29, 1.82) is 0 Å². The van der Waals surface area contributed by atoms with Crippen LogP contribution < -0.4 is 0 Å². The van der Waals surface area contributed by atoms with Crippen LogP contribution in [0.3, 0.4) is 0 Å². The van der Waals surface area contributed by atoms with Gasteiger partial charge < -0.3 is 4.74 Å². The summed E-state index contributed by atoms with van der Waals surface area (Å²) in [7, 11) is 1.66. The van der Waals surface area contributed by atoms with Crippen molar-refractivity contribution in [3.8, 4) is 0 Å². The second-order valence-corrected chi connectivity index (χ2v) is 4.64. The number of ether oxygens (including phenoxy) is 1. The van der Waals surface area contributed by atoms with Crippen LogP contribution in [0.1, 0.15) is 24.5 Å². The van der Waals surface area contributed by atoms with Gasteiger partial charge in [-0.2, -0.15) is 0 Å². The molecule has 0 fully saturated rings. The van der Waals surface area contributed by atoms with Gasteiger partial charge in [-0.05, 0) is 18.1 Å². The highest BCUT2D eigenvalue weighted by molar-refractivity contribution is 5.77. The zero-order valence-electron chi connectivity index (χ0n) is 11.3. The minimum Gasteiger partial charge on any atom is -0.368 e. The Hall–Kier alpha value is -1.93. The predicted octanol–water partition coefficient (Wildman–Crippen LogP) is 3.56. The van der Waals surface area contributed by atoms with Gasteiger partial charge in [0.1, 0.15) is 11.4 Å². The molecule has 0 amide bonds. The molecule has 2 nitrogen and oxygen atoms in total. The third-order valence-electron chi connectivity index (χ3n) is 3.33. The summed E-state index contributed by atoms with van der Waals surface area (Å²) in [5.41, 5.74) is 1.30. The molecule has 0 bridgehead atoms. The zero-order chi connectivity index (χ0) is 13.7. The Balaban J connectivity index is 2.58. The molecule has 0 spiro atoms. The maximum Gasteiger partial charge on any atom is 0.133 e. The lowest BCUT2D eigenvalue weighted by atomic mass is 9.82. The van der Waals surface area contributed by atoms with E-state index in [9.17, 15) is 4.79 Å². The summed E-state index contributed by atoms with van der Waals surface area (Å²) >= 11 is 0. The number of hydrogen-bond acceptors (Lipinski definition) is 2. The Morgan fingerprint density at radius 3 is 1.68 bits per heavy atom. The predicted molar refractivity (Wildman–Crippen MR) is 76.0 cm³/mol. The number of ketones is 1. The number of hydrogen-bond donors (Lipinski definition) is 0. The number of benzene rings is 2. The van der Waals surface area contributed by atoms with E-state index in [2.05, 4.69) is 0 Å². The fraction of sp³-hybridized carbons (Fsp3) is 0.235. The van der Waals surface area contributed by atoms with Gasteiger partial charge in [0.25, 0.3) is 0 Å². The van der Waals surface area contributed by atoms with Gasteiger partial charge in [0.2, 0.25) is 0 Å². The molecule has 19 heavy (non-hydrogen) atoms. The van der Waals surface area contributed by atoms with Crippen LogP contribution in [0, 0.1) is 0 Å². The SMILES string of the molecule is COC(CC(C)=O)(c1ccccc1)c1ccccc1. The molecule has 0 N–H and O–H groups in total. The second kappa shape index (κ2) is 5.81. The Kier molecular flexibility index (Phi) is 4.13. The molecular weight excluding hydrogens is 236 g/mol. The summed E-state index contributed by atoms with van der Waals surface area (Å²) in [5.74, 6) is 0.106. The van der Waals surface area contributed by atoms with E-state index < -0.39 is 5.60 Å². The third kappa shape index (κ3) is 2.74. The minimum atomic E-state index is -0.700. The standard InChI is InChI=1S/C17H18O2/c1-14(18)13-17(19-2,15-9-5-3-6-10-15)16-11-7-4-8-12-16/h3-12H,13H2,1-2H3. The maximum absolute atomic E-state index is 11.7. The lowest BCUT2D eigenvalue weighted by Crippen LogP contribution is -2.32. The number of carbonyl (C=O) groups is 1. The van der Waals surface area contributed by atoms with Crippen LogP contribution in [0.5, 0.6) is 0 Å².